The van der Waals surface area contributed by atoms with Gasteiger partial charge in [0.1, 0.15) is 10.7 Å². The summed E-state index contributed by atoms with van der Waals surface area (Å²) in [7, 11) is 0. The molecule has 2 heterocycles. The van der Waals surface area contributed by atoms with E-state index in [0.29, 0.717) is 10.7 Å². The fourth-order valence-corrected chi connectivity index (χ4v) is 1.93. The van der Waals surface area contributed by atoms with E-state index in [1.54, 1.807) is 23.7 Å². The van der Waals surface area contributed by atoms with Crippen molar-refractivity contribution >= 4 is 23.1 Å². The zero-order valence-corrected chi connectivity index (χ0v) is 8.49. The zero-order valence-electron chi connectivity index (χ0n) is 7.68. The van der Waals surface area contributed by atoms with Crippen molar-refractivity contribution in [3.63, 3.8) is 0 Å². The van der Waals surface area contributed by atoms with E-state index in [9.17, 15) is 4.79 Å². The van der Waals surface area contributed by atoms with Crippen molar-refractivity contribution in [1.82, 2.24) is 4.98 Å². The predicted molar refractivity (Wildman–Crippen MR) is 58.9 cm³/mol. The van der Waals surface area contributed by atoms with Crippen molar-refractivity contribution in [1.29, 1.82) is 0 Å². The summed E-state index contributed by atoms with van der Waals surface area (Å²) in [4.78, 5) is 14.9. The van der Waals surface area contributed by atoms with Crippen LogP contribution in [0.25, 0.3) is 11.1 Å². The highest BCUT2D eigenvalue weighted by molar-refractivity contribution is 7.12. The second-order valence-corrected chi connectivity index (χ2v) is 3.89. The maximum atomic E-state index is 10.7. The van der Waals surface area contributed by atoms with Gasteiger partial charge in [-0.15, -0.1) is 11.3 Å². The predicted octanol–water partition coefficient (Wildman–Crippen LogP) is 2.09. The highest BCUT2D eigenvalue weighted by Gasteiger charge is 2.07. The van der Waals surface area contributed by atoms with E-state index >= 15 is 0 Å². The minimum Gasteiger partial charge on any atom is -0.477 e. The normalized spacial score (nSPS) is 10.1. The monoisotopic (exact) mass is 220 g/mol. The largest absolute Gasteiger partial charge is 0.477 e. The third-order valence-electron chi connectivity index (χ3n) is 1.93. The number of nitrogens with two attached hydrogens (primary N) is 1. The van der Waals surface area contributed by atoms with Gasteiger partial charge in [0.2, 0.25) is 0 Å². The molecule has 0 atom stereocenters. The first-order valence-electron chi connectivity index (χ1n) is 4.20. The summed E-state index contributed by atoms with van der Waals surface area (Å²) in [5, 5.41) is 10.6. The third kappa shape index (κ3) is 1.97. The topological polar surface area (TPSA) is 76.2 Å². The maximum Gasteiger partial charge on any atom is 0.345 e. The van der Waals surface area contributed by atoms with Crippen molar-refractivity contribution < 1.29 is 9.90 Å². The molecule has 2 rings (SSSR count). The number of pyridine rings is 1. The number of aromatic nitrogens is 1. The Morgan fingerprint density at radius 2 is 2.20 bits per heavy atom. The number of nitrogens with zero attached hydrogens (tertiary/aromatic N) is 1. The molecule has 0 bridgehead atoms. The average molecular weight is 220 g/mol. The van der Waals surface area contributed by atoms with Crippen molar-refractivity contribution in [2.24, 2.45) is 0 Å². The van der Waals surface area contributed by atoms with Crippen LogP contribution in [0.2, 0.25) is 0 Å². The highest BCUT2D eigenvalue weighted by Crippen LogP contribution is 2.25. The lowest BCUT2D eigenvalue weighted by Crippen LogP contribution is -1.90. The van der Waals surface area contributed by atoms with Crippen LogP contribution in [0.15, 0.2) is 29.8 Å². The molecule has 0 aliphatic heterocycles. The third-order valence-corrected chi connectivity index (χ3v) is 2.85. The molecule has 15 heavy (non-hydrogen) atoms. The SMILES string of the molecule is Nc1ccc(-c2csc(C(=O)O)c2)cn1. The standard InChI is InChI=1S/C10H8N2O2S/c11-9-2-1-6(4-12-9)7-3-8(10(13)14)15-5-7/h1-5H,(H2,11,12)(H,13,14). The molecular weight excluding hydrogens is 212 g/mol. The van der Waals surface area contributed by atoms with Gasteiger partial charge in [0.05, 0.1) is 0 Å². The van der Waals surface area contributed by atoms with Crippen LogP contribution in [0.5, 0.6) is 0 Å². The highest BCUT2D eigenvalue weighted by atomic mass is 32.1. The minimum absolute atomic E-state index is 0.321. The Bertz CT molecular complexity index is 490. The Morgan fingerprint density at radius 1 is 1.40 bits per heavy atom. The summed E-state index contributed by atoms with van der Waals surface area (Å²) < 4.78 is 0. The molecule has 2 aromatic rings. The fraction of sp³-hybridized carbons (Fsp3) is 0. The number of carboxylic acid groups (broad SMARTS) is 1. The molecule has 0 saturated carbocycles. The van der Waals surface area contributed by atoms with Crippen molar-refractivity contribution in [3.8, 4) is 11.1 Å². The Balaban J connectivity index is 2.37. The van der Waals surface area contributed by atoms with Crippen LogP contribution in [0.4, 0.5) is 5.82 Å². The summed E-state index contributed by atoms with van der Waals surface area (Å²) in [5.74, 6) is -0.456. The smallest absolute Gasteiger partial charge is 0.345 e. The lowest BCUT2D eigenvalue weighted by atomic mass is 10.1. The van der Waals surface area contributed by atoms with Crippen molar-refractivity contribution in [2.45, 2.75) is 0 Å². The van der Waals surface area contributed by atoms with E-state index in [2.05, 4.69) is 4.98 Å². The van der Waals surface area contributed by atoms with Crippen molar-refractivity contribution in [2.75, 3.05) is 5.73 Å². The van der Waals surface area contributed by atoms with Crippen LogP contribution < -0.4 is 5.73 Å². The Labute approximate surface area is 90.0 Å². The van der Waals surface area contributed by atoms with Gasteiger partial charge >= 0.3 is 5.97 Å². The van der Waals surface area contributed by atoms with Crippen LogP contribution in [0.3, 0.4) is 0 Å². The molecule has 4 nitrogen and oxygen atoms in total. The Kier molecular flexibility index (Phi) is 2.39. The number of anilines is 1. The molecule has 0 aliphatic carbocycles. The second-order valence-electron chi connectivity index (χ2n) is 2.98. The molecular formula is C10H8N2O2S. The maximum absolute atomic E-state index is 10.7. The van der Waals surface area contributed by atoms with Gasteiger partial charge in [-0.3, -0.25) is 0 Å². The number of thiophene rings is 1. The van der Waals surface area contributed by atoms with E-state index < -0.39 is 5.97 Å². The molecule has 0 amide bonds. The molecule has 0 unspecified atom stereocenters. The zero-order chi connectivity index (χ0) is 10.8. The summed E-state index contributed by atoms with van der Waals surface area (Å²) >= 11 is 1.20. The van der Waals surface area contributed by atoms with Gasteiger partial charge in [0.15, 0.2) is 0 Å². The molecule has 2 aromatic heterocycles. The molecule has 5 heteroatoms. The first-order valence-corrected chi connectivity index (χ1v) is 5.08. The van der Waals surface area contributed by atoms with Crippen LogP contribution in [0.1, 0.15) is 9.67 Å². The first-order chi connectivity index (χ1) is 7.16. The number of carboxylic acids is 1. The Hall–Kier alpha value is -1.88. The molecule has 76 valence electrons. The van der Waals surface area contributed by atoms with E-state index in [1.165, 1.54) is 11.3 Å². The number of carbonyl (C=O) groups is 1. The number of aromatic carboxylic acids is 1. The van der Waals surface area contributed by atoms with Gasteiger partial charge in [-0.25, -0.2) is 9.78 Å². The van der Waals surface area contributed by atoms with Gasteiger partial charge in [0, 0.05) is 11.8 Å². The lowest BCUT2D eigenvalue weighted by Gasteiger charge is -1.96. The first kappa shape index (κ1) is 9.67. The van der Waals surface area contributed by atoms with Crippen LogP contribution in [-0.4, -0.2) is 16.1 Å². The number of nitrogen functional groups attached to an aromatic ring is 1. The molecule has 0 saturated heterocycles. The fourth-order valence-electron chi connectivity index (χ4n) is 1.18. The number of hydrogen-bond acceptors (Lipinski definition) is 4. The Morgan fingerprint density at radius 3 is 2.73 bits per heavy atom. The van der Waals surface area contributed by atoms with Crippen molar-refractivity contribution in [3.05, 3.63) is 34.7 Å². The molecule has 0 aromatic carbocycles. The van der Waals surface area contributed by atoms with Crippen LogP contribution >= 0.6 is 11.3 Å². The average Bonchev–Trinajstić information content (AvgIpc) is 2.68. The van der Waals surface area contributed by atoms with Crippen LogP contribution in [-0.2, 0) is 0 Å². The summed E-state index contributed by atoms with van der Waals surface area (Å²) in [6.45, 7) is 0. The van der Waals surface area contributed by atoms with Gasteiger partial charge in [0.25, 0.3) is 0 Å². The van der Waals surface area contributed by atoms with Crippen LogP contribution in [0, 0.1) is 0 Å². The van der Waals surface area contributed by atoms with E-state index in [1.807, 2.05) is 6.07 Å². The minimum atomic E-state index is -0.908. The quantitative estimate of drug-likeness (QED) is 0.812. The van der Waals surface area contributed by atoms with Gasteiger partial charge in [-0.1, -0.05) is 0 Å². The molecule has 3 N–H and O–H groups in total. The van der Waals surface area contributed by atoms with E-state index in [0.717, 1.165) is 11.1 Å². The summed E-state index contributed by atoms with van der Waals surface area (Å²) in [6, 6.07) is 5.13. The van der Waals surface area contributed by atoms with Gasteiger partial charge in [-0.05, 0) is 29.1 Å². The summed E-state index contributed by atoms with van der Waals surface area (Å²) in [6.07, 6.45) is 1.63. The molecule has 0 aliphatic rings. The number of hydrogen-bond donors (Lipinski definition) is 2. The lowest BCUT2D eigenvalue weighted by molar-refractivity contribution is 0.0702. The van der Waals surface area contributed by atoms with Gasteiger partial charge < -0.3 is 10.8 Å². The molecule has 0 spiro atoms. The number of rotatable bonds is 2. The molecule has 0 radical (unpaired) electrons. The molecule has 0 fully saturated rings. The van der Waals surface area contributed by atoms with E-state index in [4.69, 9.17) is 10.8 Å². The summed E-state index contributed by atoms with van der Waals surface area (Å²) in [5.41, 5.74) is 7.18. The van der Waals surface area contributed by atoms with E-state index in [-0.39, 0.29) is 0 Å². The van der Waals surface area contributed by atoms with Gasteiger partial charge in [-0.2, -0.15) is 0 Å². The second kappa shape index (κ2) is 3.70.